The van der Waals surface area contributed by atoms with Crippen LogP contribution in [0.1, 0.15) is 22.8 Å². The molecule has 1 N–H and O–H groups in total. The first-order valence-electron chi connectivity index (χ1n) is 7.54. The number of rotatable bonds is 6. The first-order valence-corrected chi connectivity index (χ1v) is 9.47. The Morgan fingerprint density at radius 2 is 1.80 bits per heavy atom. The molecule has 0 heterocycles. The maximum Gasteiger partial charge on any atom is 0.338 e. The molecule has 0 saturated heterocycles. The highest BCUT2D eigenvalue weighted by Crippen LogP contribution is 2.14. The van der Waals surface area contributed by atoms with Gasteiger partial charge in [-0.2, -0.15) is 0 Å². The van der Waals surface area contributed by atoms with Crippen molar-refractivity contribution in [3.8, 4) is 0 Å². The van der Waals surface area contributed by atoms with Crippen LogP contribution >= 0.6 is 11.6 Å². The summed E-state index contributed by atoms with van der Waals surface area (Å²) in [6.07, 6.45) is 0.605. The molecule has 5 nitrogen and oxygen atoms in total. The van der Waals surface area contributed by atoms with Gasteiger partial charge < -0.3 is 10.1 Å². The van der Waals surface area contributed by atoms with Crippen LogP contribution in [0.15, 0.2) is 53.4 Å². The number of carbonyl (C=O) groups is 2. The highest BCUT2D eigenvalue weighted by Gasteiger charge is 2.19. The number of ether oxygens (including phenoxy) is 1. The van der Waals surface area contributed by atoms with Crippen LogP contribution in [-0.2, 0) is 26.9 Å². The molecule has 2 unspecified atom stereocenters. The lowest BCUT2D eigenvalue weighted by Gasteiger charge is -2.14. The van der Waals surface area contributed by atoms with Gasteiger partial charge in [-0.05, 0) is 42.8 Å². The maximum atomic E-state index is 12.1. The van der Waals surface area contributed by atoms with Crippen LogP contribution in [0.3, 0.4) is 0 Å². The fraction of sp³-hybridized carbons (Fsp3) is 0.222. The number of hydrogen-bond acceptors (Lipinski definition) is 4. The van der Waals surface area contributed by atoms with Gasteiger partial charge in [0, 0.05) is 33.5 Å². The highest BCUT2D eigenvalue weighted by molar-refractivity contribution is 7.84. The van der Waals surface area contributed by atoms with E-state index >= 15 is 0 Å². The van der Waals surface area contributed by atoms with Gasteiger partial charge in [-0.15, -0.1) is 0 Å². The number of benzene rings is 2. The van der Waals surface area contributed by atoms with Crippen molar-refractivity contribution in [3.63, 3.8) is 0 Å². The summed E-state index contributed by atoms with van der Waals surface area (Å²) in [5.74, 6) is -1.03. The lowest BCUT2D eigenvalue weighted by atomic mass is 10.2. The number of esters is 1. The van der Waals surface area contributed by atoms with E-state index in [1.807, 2.05) is 6.07 Å². The molecule has 0 bridgehead atoms. The maximum absolute atomic E-state index is 12.1. The van der Waals surface area contributed by atoms with Crippen molar-refractivity contribution >= 4 is 34.3 Å². The highest BCUT2D eigenvalue weighted by atomic mass is 35.5. The molecule has 0 spiro atoms. The predicted molar refractivity (Wildman–Crippen MR) is 97.0 cm³/mol. The Kier molecular flexibility index (Phi) is 6.73. The summed E-state index contributed by atoms with van der Waals surface area (Å²) < 4.78 is 16.5. The molecule has 0 saturated carbocycles. The van der Waals surface area contributed by atoms with E-state index in [-0.39, 0.29) is 6.54 Å². The van der Waals surface area contributed by atoms with E-state index < -0.39 is 28.8 Å². The lowest BCUT2D eigenvalue weighted by molar-refractivity contribution is -0.129. The fourth-order valence-electron chi connectivity index (χ4n) is 2.03. The quantitative estimate of drug-likeness (QED) is 0.783. The largest absolute Gasteiger partial charge is 0.449 e. The van der Waals surface area contributed by atoms with E-state index in [9.17, 15) is 13.8 Å². The summed E-state index contributed by atoms with van der Waals surface area (Å²) in [5, 5.41) is 3.24. The molecule has 0 radical (unpaired) electrons. The van der Waals surface area contributed by atoms with Crippen molar-refractivity contribution in [3.05, 3.63) is 64.7 Å². The summed E-state index contributed by atoms with van der Waals surface area (Å²) >= 11 is 6.03. The lowest BCUT2D eigenvalue weighted by Crippen LogP contribution is -2.35. The molecule has 0 aliphatic heterocycles. The summed E-state index contributed by atoms with van der Waals surface area (Å²) in [4.78, 5) is 24.7. The average Bonchev–Trinajstić information content (AvgIpc) is 2.60. The Labute approximate surface area is 153 Å². The third-order valence-corrected chi connectivity index (χ3v) is 4.79. The van der Waals surface area contributed by atoms with Crippen molar-refractivity contribution in [1.29, 1.82) is 0 Å². The zero-order chi connectivity index (χ0) is 18.4. The van der Waals surface area contributed by atoms with E-state index in [0.717, 1.165) is 5.56 Å². The van der Waals surface area contributed by atoms with Gasteiger partial charge in [0.05, 0.1) is 5.56 Å². The van der Waals surface area contributed by atoms with Crippen molar-refractivity contribution in [2.75, 3.05) is 6.26 Å². The Balaban J connectivity index is 1.90. The normalized spacial score (nSPS) is 12.9. The van der Waals surface area contributed by atoms with E-state index in [1.165, 1.54) is 19.1 Å². The van der Waals surface area contributed by atoms with Crippen LogP contribution in [-0.4, -0.2) is 28.4 Å². The third-order valence-electron chi connectivity index (χ3n) is 3.49. The number of nitrogens with one attached hydrogen (secondary N) is 1. The number of amides is 1. The van der Waals surface area contributed by atoms with Gasteiger partial charge in [0.2, 0.25) is 0 Å². The fourth-order valence-corrected chi connectivity index (χ4v) is 2.75. The SMILES string of the molecule is CC(OC(=O)c1ccc(S(C)=O)cc1)C(=O)NCc1ccccc1Cl. The first-order chi connectivity index (χ1) is 11.9. The van der Waals surface area contributed by atoms with Gasteiger partial charge in [0.1, 0.15) is 0 Å². The van der Waals surface area contributed by atoms with Crippen LogP contribution in [0.5, 0.6) is 0 Å². The molecule has 2 rings (SSSR count). The second-order valence-electron chi connectivity index (χ2n) is 5.34. The molecule has 132 valence electrons. The Morgan fingerprint density at radius 1 is 1.16 bits per heavy atom. The van der Waals surface area contributed by atoms with Gasteiger partial charge in [-0.1, -0.05) is 29.8 Å². The van der Waals surface area contributed by atoms with E-state index in [4.69, 9.17) is 16.3 Å². The van der Waals surface area contributed by atoms with Crippen LogP contribution < -0.4 is 5.32 Å². The molecule has 1 amide bonds. The standard InChI is InChI=1S/C18H18ClNO4S/c1-12(17(21)20-11-14-5-3-4-6-16(14)19)24-18(22)13-7-9-15(10-8-13)25(2)23/h3-10,12H,11H2,1-2H3,(H,20,21). The zero-order valence-electron chi connectivity index (χ0n) is 13.8. The molecule has 0 aliphatic carbocycles. The van der Waals surface area contributed by atoms with Crippen LogP contribution in [0.25, 0.3) is 0 Å². The average molecular weight is 380 g/mol. The second-order valence-corrected chi connectivity index (χ2v) is 7.12. The number of halogens is 1. The minimum absolute atomic E-state index is 0.247. The molecule has 0 fully saturated rings. The molecule has 7 heteroatoms. The smallest absolute Gasteiger partial charge is 0.338 e. The third kappa shape index (κ3) is 5.41. The first kappa shape index (κ1) is 19.1. The minimum Gasteiger partial charge on any atom is -0.449 e. The van der Waals surface area contributed by atoms with Crippen molar-refractivity contribution in [2.45, 2.75) is 24.5 Å². The Hall–Kier alpha value is -2.18. The van der Waals surface area contributed by atoms with Crippen LogP contribution in [0.4, 0.5) is 0 Å². The van der Waals surface area contributed by atoms with Crippen molar-refractivity contribution < 1.29 is 18.5 Å². The Morgan fingerprint density at radius 3 is 2.40 bits per heavy atom. The molecule has 2 aromatic rings. The molecule has 2 atom stereocenters. The number of carbonyl (C=O) groups excluding carboxylic acids is 2. The molecular weight excluding hydrogens is 362 g/mol. The van der Waals surface area contributed by atoms with Gasteiger partial charge in [0.25, 0.3) is 5.91 Å². The van der Waals surface area contributed by atoms with Gasteiger partial charge >= 0.3 is 5.97 Å². The van der Waals surface area contributed by atoms with E-state index in [2.05, 4.69) is 5.32 Å². The minimum atomic E-state index is -1.12. The topological polar surface area (TPSA) is 72.5 Å². The molecule has 0 aromatic heterocycles. The van der Waals surface area contributed by atoms with Crippen LogP contribution in [0.2, 0.25) is 5.02 Å². The summed E-state index contributed by atoms with van der Waals surface area (Å²) in [7, 11) is -1.12. The molecule has 25 heavy (non-hydrogen) atoms. The van der Waals surface area contributed by atoms with Crippen molar-refractivity contribution in [1.82, 2.24) is 5.32 Å². The molecule has 2 aromatic carbocycles. The van der Waals surface area contributed by atoms with E-state index in [1.54, 1.807) is 36.6 Å². The predicted octanol–water partition coefficient (Wildman–Crippen LogP) is 2.94. The van der Waals surface area contributed by atoms with Gasteiger partial charge in [0.15, 0.2) is 6.10 Å². The number of hydrogen-bond donors (Lipinski definition) is 1. The van der Waals surface area contributed by atoms with Gasteiger partial charge in [-0.3, -0.25) is 9.00 Å². The summed E-state index contributed by atoms with van der Waals surface area (Å²) in [6, 6.07) is 13.4. The summed E-state index contributed by atoms with van der Waals surface area (Å²) in [6.45, 7) is 1.74. The van der Waals surface area contributed by atoms with Crippen LogP contribution in [0, 0.1) is 0 Å². The Bertz CT molecular complexity index is 792. The monoisotopic (exact) mass is 379 g/mol. The summed E-state index contributed by atoms with van der Waals surface area (Å²) in [5.41, 5.74) is 1.07. The van der Waals surface area contributed by atoms with E-state index in [0.29, 0.717) is 15.5 Å². The zero-order valence-corrected chi connectivity index (χ0v) is 15.4. The molecule has 0 aliphatic rings. The van der Waals surface area contributed by atoms with Gasteiger partial charge in [-0.25, -0.2) is 4.79 Å². The molecular formula is C18H18ClNO4S. The second kappa shape index (κ2) is 8.78. The van der Waals surface area contributed by atoms with Crippen molar-refractivity contribution in [2.24, 2.45) is 0 Å².